The molecular formula is C26H31N5O2S. The van der Waals surface area contributed by atoms with Crippen LogP contribution in [-0.2, 0) is 4.74 Å². The van der Waals surface area contributed by atoms with E-state index < -0.39 is 0 Å². The molecule has 0 bridgehead atoms. The van der Waals surface area contributed by atoms with Gasteiger partial charge in [-0.3, -0.25) is 4.90 Å². The number of aromatic nitrogens is 3. The first-order chi connectivity index (χ1) is 16.6. The molecule has 3 aromatic rings. The maximum Gasteiger partial charge on any atom is 0.337 e. The van der Waals surface area contributed by atoms with E-state index in [1.54, 1.807) is 12.1 Å². The average Bonchev–Trinajstić information content (AvgIpc) is 3.39. The van der Waals surface area contributed by atoms with Crippen molar-refractivity contribution in [1.82, 2.24) is 20.1 Å². The summed E-state index contributed by atoms with van der Waals surface area (Å²) in [5, 5.41) is 10.3. The molecule has 178 valence electrons. The molecule has 0 atom stereocenters. The number of carbonyl (C=O) groups is 1. The fourth-order valence-corrected chi connectivity index (χ4v) is 5.79. The van der Waals surface area contributed by atoms with E-state index in [2.05, 4.69) is 39.1 Å². The summed E-state index contributed by atoms with van der Waals surface area (Å²) in [6.45, 7) is 6.69. The minimum absolute atomic E-state index is 0.347. The lowest BCUT2D eigenvalue weighted by atomic mass is 9.86. The molecule has 2 fully saturated rings. The quantitative estimate of drug-likeness (QED) is 0.491. The molecule has 0 N–H and O–H groups in total. The van der Waals surface area contributed by atoms with E-state index in [0.29, 0.717) is 5.56 Å². The second-order valence-electron chi connectivity index (χ2n) is 9.32. The van der Waals surface area contributed by atoms with Crippen LogP contribution < -0.4 is 4.90 Å². The van der Waals surface area contributed by atoms with Gasteiger partial charge in [-0.15, -0.1) is 10.2 Å². The minimum atomic E-state index is -0.347. The zero-order valence-electron chi connectivity index (χ0n) is 19.8. The van der Waals surface area contributed by atoms with Crippen LogP contribution in [0, 0.1) is 5.92 Å². The Morgan fingerprint density at radius 2 is 1.56 bits per heavy atom. The maximum atomic E-state index is 11.6. The molecule has 3 heterocycles. The molecule has 0 spiro atoms. The van der Waals surface area contributed by atoms with Crippen LogP contribution in [0.5, 0.6) is 0 Å². The predicted molar refractivity (Wildman–Crippen MR) is 135 cm³/mol. The number of carbonyl (C=O) groups excluding carboxylic acids is 1. The van der Waals surface area contributed by atoms with Crippen LogP contribution in [0.15, 0.2) is 42.6 Å². The number of hydrogen-bond donors (Lipinski definition) is 0. The second kappa shape index (κ2) is 10.2. The Kier molecular flexibility index (Phi) is 6.87. The SMILES string of the molecule is COC(=O)c1ccc(-c2nnc(-c3ccc(N4CCN(C5CCC(C)CC5)CC4)nc3)s2)cc1. The van der Waals surface area contributed by atoms with Gasteiger partial charge < -0.3 is 9.64 Å². The van der Waals surface area contributed by atoms with Gasteiger partial charge in [0.25, 0.3) is 0 Å². The third kappa shape index (κ3) is 4.98. The van der Waals surface area contributed by atoms with Gasteiger partial charge in [-0.25, -0.2) is 9.78 Å². The average molecular weight is 478 g/mol. The van der Waals surface area contributed by atoms with Gasteiger partial charge in [0.15, 0.2) is 0 Å². The normalized spacial score (nSPS) is 21.4. The summed E-state index contributed by atoms with van der Waals surface area (Å²) < 4.78 is 4.76. The third-order valence-electron chi connectivity index (χ3n) is 7.11. The monoisotopic (exact) mass is 477 g/mol. The van der Waals surface area contributed by atoms with Gasteiger partial charge in [0.2, 0.25) is 0 Å². The van der Waals surface area contributed by atoms with Crippen LogP contribution in [0.25, 0.3) is 21.1 Å². The number of ether oxygens (including phenoxy) is 1. The van der Waals surface area contributed by atoms with E-state index >= 15 is 0 Å². The Morgan fingerprint density at radius 1 is 0.912 bits per heavy atom. The van der Waals surface area contributed by atoms with Crippen LogP contribution in [0.1, 0.15) is 43.0 Å². The summed E-state index contributed by atoms with van der Waals surface area (Å²) in [7, 11) is 1.38. The predicted octanol–water partition coefficient (Wildman–Crippen LogP) is 4.75. The number of rotatable bonds is 5. The van der Waals surface area contributed by atoms with E-state index in [4.69, 9.17) is 9.72 Å². The molecule has 0 radical (unpaired) electrons. The molecule has 0 amide bonds. The Hall–Kier alpha value is -2.84. The highest BCUT2D eigenvalue weighted by molar-refractivity contribution is 7.17. The molecule has 1 aliphatic heterocycles. The molecule has 1 saturated carbocycles. The summed E-state index contributed by atoms with van der Waals surface area (Å²) in [5.74, 6) is 1.58. The van der Waals surface area contributed by atoms with E-state index in [0.717, 1.165) is 65.1 Å². The molecular weight excluding hydrogens is 446 g/mol. The standard InChI is InChI=1S/C26H31N5O2S/c1-18-3-10-22(11-4-18)30-13-15-31(16-14-30)23-12-9-21(17-27-23)25-29-28-24(34-25)19-5-7-20(8-6-19)26(32)33-2/h5-9,12,17-18,22H,3-4,10-11,13-16H2,1-2H3. The second-order valence-corrected chi connectivity index (χ2v) is 10.3. The summed E-state index contributed by atoms with van der Waals surface area (Å²) in [6, 6.07) is 12.2. The maximum absolute atomic E-state index is 11.6. The first kappa shape index (κ1) is 22.9. The minimum Gasteiger partial charge on any atom is -0.465 e. The molecule has 1 saturated heterocycles. The molecule has 8 heteroatoms. The Balaban J connectivity index is 1.20. The Morgan fingerprint density at radius 3 is 2.18 bits per heavy atom. The van der Waals surface area contributed by atoms with Gasteiger partial charge in [-0.05, 0) is 55.9 Å². The summed E-state index contributed by atoms with van der Waals surface area (Å²) in [5.41, 5.74) is 2.41. The van der Waals surface area contributed by atoms with Crippen molar-refractivity contribution >= 4 is 23.1 Å². The Bertz CT molecular complexity index is 1100. The van der Waals surface area contributed by atoms with Gasteiger partial charge in [0, 0.05) is 49.5 Å². The number of hydrogen-bond acceptors (Lipinski definition) is 8. The number of benzene rings is 1. The van der Waals surface area contributed by atoms with Crippen molar-refractivity contribution in [2.24, 2.45) is 5.92 Å². The van der Waals surface area contributed by atoms with Gasteiger partial charge >= 0.3 is 5.97 Å². The highest BCUT2D eigenvalue weighted by Crippen LogP contribution is 2.31. The van der Waals surface area contributed by atoms with Gasteiger partial charge in [-0.2, -0.15) is 0 Å². The first-order valence-electron chi connectivity index (χ1n) is 12.1. The highest BCUT2D eigenvalue weighted by atomic mass is 32.1. The van der Waals surface area contributed by atoms with Crippen molar-refractivity contribution in [2.75, 3.05) is 38.2 Å². The van der Waals surface area contributed by atoms with Gasteiger partial charge in [-0.1, -0.05) is 30.4 Å². The summed E-state index contributed by atoms with van der Waals surface area (Å²) >= 11 is 1.52. The fourth-order valence-electron chi connectivity index (χ4n) is 4.95. The van der Waals surface area contributed by atoms with E-state index in [9.17, 15) is 4.79 Å². The third-order valence-corrected chi connectivity index (χ3v) is 8.13. The lowest BCUT2D eigenvalue weighted by Gasteiger charge is -2.42. The molecule has 2 aromatic heterocycles. The molecule has 5 rings (SSSR count). The van der Waals surface area contributed by atoms with Gasteiger partial charge in [0.05, 0.1) is 12.7 Å². The van der Waals surface area contributed by atoms with Crippen molar-refractivity contribution in [3.63, 3.8) is 0 Å². The van der Waals surface area contributed by atoms with E-state index in [1.807, 2.05) is 18.3 Å². The van der Waals surface area contributed by atoms with Crippen molar-refractivity contribution in [3.8, 4) is 21.1 Å². The van der Waals surface area contributed by atoms with E-state index in [-0.39, 0.29) is 5.97 Å². The number of piperazine rings is 1. The Labute approximate surface area is 204 Å². The number of esters is 1. The van der Waals surface area contributed by atoms with Crippen molar-refractivity contribution in [1.29, 1.82) is 0 Å². The molecule has 1 aromatic carbocycles. The smallest absolute Gasteiger partial charge is 0.337 e. The molecule has 7 nitrogen and oxygen atoms in total. The zero-order chi connectivity index (χ0) is 23.5. The van der Waals surface area contributed by atoms with Crippen LogP contribution in [0.3, 0.4) is 0 Å². The molecule has 34 heavy (non-hydrogen) atoms. The fraction of sp³-hybridized carbons (Fsp3) is 0.462. The van der Waals surface area contributed by atoms with Crippen LogP contribution in [0.4, 0.5) is 5.82 Å². The van der Waals surface area contributed by atoms with E-state index in [1.165, 1.54) is 44.1 Å². The lowest BCUT2D eigenvalue weighted by molar-refractivity contribution is 0.0600. The lowest BCUT2D eigenvalue weighted by Crippen LogP contribution is -2.51. The van der Waals surface area contributed by atoms with Crippen LogP contribution in [0.2, 0.25) is 0 Å². The first-order valence-corrected chi connectivity index (χ1v) is 12.9. The molecule has 1 aliphatic carbocycles. The van der Waals surface area contributed by atoms with Gasteiger partial charge in [0.1, 0.15) is 15.8 Å². The summed E-state index contributed by atoms with van der Waals surface area (Å²) in [4.78, 5) is 21.5. The largest absolute Gasteiger partial charge is 0.465 e. The number of nitrogens with zero attached hydrogens (tertiary/aromatic N) is 5. The number of methoxy groups -OCH3 is 1. The molecule has 2 aliphatic rings. The molecule has 0 unspecified atom stereocenters. The zero-order valence-corrected chi connectivity index (χ0v) is 20.6. The van der Waals surface area contributed by atoms with Crippen LogP contribution >= 0.6 is 11.3 Å². The van der Waals surface area contributed by atoms with Crippen molar-refractivity contribution in [3.05, 3.63) is 48.2 Å². The van der Waals surface area contributed by atoms with Crippen molar-refractivity contribution in [2.45, 2.75) is 38.6 Å². The number of anilines is 1. The summed E-state index contributed by atoms with van der Waals surface area (Å²) in [6.07, 6.45) is 7.36. The van der Waals surface area contributed by atoms with Crippen LogP contribution in [-0.4, -0.2) is 65.4 Å². The number of pyridine rings is 1. The van der Waals surface area contributed by atoms with Crippen molar-refractivity contribution < 1.29 is 9.53 Å². The topological polar surface area (TPSA) is 71.5 Å². The highest BCUT2D eigenvalue weighted by Gasteiger charge is 2.27.